The number of hydrogen-bond acceptors (Lipinski definition) is 3. The van der Waals surface area contributed by atoms with Crippen molar-refractivity contribution >= 4 is 0 Å². The molecule has 2 rings (SSSR count). The highest BCUT2D eigenvalue weighted by atomic mass is 16.5. The normalized spacial score (nSPS) is 10.6. The van der Waals surface area contributed by atoms with Crippen molar-refractivity contribution in [2.75, 3.05) is 7.11 Å². The average Bonchev–Trinajstić information content (AvgIpc) is 2.37. The lowest BCUT2D eigenvalue weighted by Crippen LogP contribution is -1.99. The summed E-state index contributed by atoms with van der Waals surface area (Å²) in [5.74, 6) is 0.230. The summed E-state index contributed by atoms with van der Waals surface area (Å²) in [6.07, 6.45) is 0.763. The van der Waals surface area contributed by atoms with Gasteiger partial charge in [-0.2, -0.15) is 0 Å². The Hall–Kier alpha value is -1.87. The van der Waals surface area contributed by atoms with Crippen LogP contribution in [0.5, 0.6) is 5.75 Å². The van der Waals surface area contributed by atoms with Gasteiger partial charge in [0.25, 0.3) is 0 Å². The summed E-state index contributed by atoms with van der Waals surface area (Å²) >= 11 is 0. The molecule has 0 unspecified atom stereocenters. The van der Waals surface area contributed by atoms with Crippen LogP contribution in [-0.2, 0) is 17.8 Å². The maximum atomic E-state index is 9.88. The van der Waals surface area contributed by atoms with Crippen LogP contribution in [0.4, 0.5) is 0 Å². The zero-order chi connectivity index (χ0) is 13.0. The van der Waals surface area contributed by atoms with Crippen LogP contribution in [0, 0.1) is 6.92 Å². The molecule has 0 aliphatic heterocycles. The molecule has 3 nitrogen and oxygen atoms in total. The van der Waals surface area contributed by atoms with Gasteiger partial charge in [-0.3, -0.25) is 4.98 Å². The SMILES string of the molecule is COCc1cc(Cc2ccccc2)nc(C)c1O. The molecular formula is C15H17NO2. The van der Waals surface area contributed by atoms with Crippen LogP contribution in [0.25, 0.3) is 0 Å². The van der Waals surface area contributed by atoms with Gasteiger partial charge in [-0.05, 0) is 18.6 Å². The molecule has 1 heterocycles. The molecule has 1 N–H and O–H groups in total. The molecule has 0 atom stereocenters. The Morgan fingerprint density at radius 2 is 1.94 bits per heavy atom. The van der Waals surface area contributed by atoms with Crippen molar-refractivity contribution in [3.8, 4) is 5.75 Å². The van der Waals surface area contributed by atoms with E-state index < -0.39 is 0 Å². The zero-order valence-corrected chi connectivity index (χ0v) is 10.7. The van der Waals surface area contributed by atoms with Gasteiger partial charge in [-0.25, -0.2) is 0 Å². The Morgan fingerprint density at radius 1 is 1.22 bits per heavy atom. The number of hydrogen-bond donors (Lipinski definition) is 1. The fraction of sp³-hybridized carbons (Fsp3) is 0.267. The number of ether oxygens (including phenoxy) is 1. The van der Waals surface area contributed by atoms with Crippen LogP contribution in [0.2, 0.25) is 0 Å². The molecule has 94 valence electrons. The summed E-state index contributed by atoms with van der Waals surface area (Å²) in [6.45, 7) is 2.21. The first-order chi connectivity index (χ1) is 8.70. The Balaban J connectivity index is 2.28. The van der Waals surface area contributed by atoms with Crippen molar-refractivity contribution in [3.63, 3.8) is 0 Å². The summed E-state index contributed by atoms with van der Waals surface area (Å²) in [4.78, 5) is 4.41. The van der Waals surface area contributed by atoms with Crippen molar-refractivity contribution < 1.29 is 9.84 Å². The lowest BCUT2D eigenvalue weighted by molar-refractivity contribution is 0.181. The molecule has 0 saturated carbocycles. The third-order valence-corrected chi connectivity index (χ3v) is 2.83. The summed E-state index contributed by atoms with van der Waals surface area (Å²) in [5.41, 5.74) is 3.59. The summed E-state index contributed by atoms with van der Waals surface area (Å²) < 4.78 is 5.08. The quantitative estimate of drug-likeness (QED) is 0.897. The molecule has 18 heavy (non-hydrogen) atoms. The van der Waals surface area contributed by atoms with Gasteiger partial charge in [0.1, 0.15) is 5.75 Å². The Morgan fingerprint density at radius 3 is 2.61 bits per heavy atom. The van der Waals surface area contributed by atoms with Crippen molar-refractivity contribution in [2.24, 2.45) is 0 Å². The summed E-state index contributed by atoms with van der Waals surface area (Å²) in [5, 5.41) is 9.88. The van der Waals surface area contributed by atoms with Crippen molar-refractivity contribution in [1.82, 2.24) is 4.98 Å². The number of aromatic nitrogens is 1. The topological polar surface area (TPSA) is 42.4 Å². The lowest BCUT2D eigenvalue weighted by atomic mass is 10.1. The van der Waals surface area contributed by atoms with Crippen LogP contribution in [0.3, 0.4) is 0 Å². The first kappa shape index (κ1) is 12.6. The third-order valence-electron chi connectivity index (χ3n) is 2.83. The van der Waals surface area contributed by atoms with Crippen molar-refractivity contribution in [1.29, 1.82) is 0 Å². The minimum absolute atomic E-state index is 0.230. The highest BCUT2D eigenvalue weighted by molar-refractivity contribution is 5.38. The largest absolute Gasteiger partial charge is 0.506 e. The second kappa shape index (κ2) is 5.65. The summed E-state index contributed by atoms with van der Waals surface area (Å²) in [6, 6.07) is 12.1. The number of aryl methyl sites for hydroxylation is 1. The first-order valence-corrected chi connectivity index (χ1v) is 5.92. The van der Waals surface area contributed by atoms with Gasteiger partial charge < -0.3 is 9.84 Å². The number of benzene rings is 1. The van der Waals surface area contributed by atoms with Crippen LogP contribution in [-0.4, -0.2) is 17.2 Å². The van der Waals surface area contributed by atoms with E-state index in [-0.39, 0.29) is 5.75 Å². The van der Waals surface area contributed by atoms with Gasteiger partial charge in [-0.1, -0.05) is 30.3 Å². The fourth-order valence-electron chi connectivity index (χ4n) is 1.96. The van der Waals surface area contributed by atoms with Crippen LogP contribution >= 0.6 is 0 Å². The minimum Gasteiger partial charge on any atom is -0.506 e. The molecule has 0 saturated heterocycles. The molecule has 0 radical (unpaired) electrons. The number of rotatable bonds is 4. The van der Waals surface area contributed by atoms with Crippen molar-refractivity contribution in [2.45, 2.75) is 20.0 Å². The van der Waals surface area contributed by atoms with E-state index >= 15 is 0 Å². The van der Waals surface area contributed by atoms with Crippen molar-refractivity contribution in [3.05, 3.63) is 58.9 Å². The highest BCUT2D eigenvalue weighted by Crippen LogP contribution is 2.23. The minimum atomic E-state index is 0.230. The second-order valence-corrected chi connectivity index (χ2v) is 4.30. The average molecular weight is 243 g/mol. The molecule has 0 bridgehead atoms. The molecule has 3 heteroatoms. The van der Waals surface area contributed by atoms with Gasteiger partial charge in [0.05, 0.1) is 12.3 Å². The number of methoxy groups -OCH3 is 1. The van der Waals surface area contributed by atoms with Gasteiger partial charge in [0, 0.05) is 24.8 Å². The lowest BCUT2D eigenvalue weighted by Gasteiger charge is -2.09. The van der Waals surface area contributed by atoms with Gasteiger partial charge >= 0.3 is 0 Å². The third kappa shape index (κ3) is 2.87. The first-order valence-electron chi connectivity index (χ1n) is 5.92. The van der Waals surface area contributed by atoms with E-state index in [0.717, 1.165) is 17.7 Å². The maximum Gasteiger partial charge on any atom is 0.142 e. The molecule has 0 aliphatic rings. The predicted octanol–water partition coefficient (Wildman–Crippen LogP) is 2.83. The van der Waals surface area contributed by atoms with Gasteiger partial charge in [0.2, 0.25) is 0 Å². The Bertz CT molecular complexity index is 524. The number of aromatic hydroxyl groups is 1. The molecule has 1 aromatic heterocycles. The maximum absolute atomic E-state index is 9.88. The van der Waals surface area contributed by atoms with Gasteiger partial charge in [-0.15, -0.1) is 0 Å². The number of nitrogens with zero attached hydrogens (tertiary/aromatic N) is 1. The predicted molar refractivity (Wildman–Crippen MR) is 70.6 cm³/mol. The molecule has 0 fully saturated rings. The van der Waals surface area contributed by atoms with E-state index in [0.29, 0.717) is 12.3 Å². The van der Waals surface area contributed by atoms with E-state index in [1.165, 1.54) is 5.56 Å². The standard InChI is InChI=1S/C15H17NO2/c1-11-15(17)13(10-18-2)9-14(16-11)8-12-6-4-3-5-7-12/h3-7,9,17H,8,10H2,1-2H3. The Labute approximate surface area is 107 Å². The van der Waals surface area contributed by atoms with Gasteiger partial charge in [0.15, 0.2) is 0 Å². The van der Waals surface area contributed by atoms with E-state index in [9.17, 15) is 5.11 Å². The molecular weight excluding hydrogens is 226 g/mol. The second-order valence-electron chi connectivity index (χ2n) is 4.30. The molecule has 2 aromatic rings. The van der Waals surface area contributed by atoms with E-state index in [4.69, 9.17) is 4.74 Å². The molecule has 0 amide bonds. The zero-order valence-electron chi connectivity index (χ0n) is 10.7. The summed E-state index contributed by atoms with van der Waals surface area (Å²) in [7, 11) is 1.62. The van der Waals surface area contributed by atoms with Crippen LogP contribution < -0.4 is 0 Å². The smallest absolute Gasteiger partial charge is 0.142 e. The van der Waals surface area contributed by atoms with E-state index in [2.05, 4.69) is 17.1 Å². The van der Waals surface area contributed by atoms with Crippen LogP contribution in [0.15, 0.2) is 36.4 Å². The van der Waals surface area contributed by atoms with E-state index in [1.54, 1.807) is 7.11 Å². The highest BCUT2D eigenvalue weighted by Gasteiger charge is 2.08. The number of pyridine rings is 1. The van der Waals surface area contributed by atoms with E-state index in [1.807, 2.05) is 31.2 Å². The molecule has 0 aliphatic carbocycles. The Kier molecular flexibility index (Phi) is 3.95. The molecule has 1 aromatic carbocycles. The van der Waals surface area contributed by atoms with Crippen LogP contribution in [0.1, 0.15) is 22.5 Å². The monoisotopic (exact) mass is 243 g/mol. The fourth-order valence-corrected chi connectivity index (χ4v) is 1.96. The molecule has 0 spiro atoms.